The van der Waals surface area contributed by atoms with Crippen molar-refractivity contribution in [3.05, 3.63) is 32.2 Å². The van der Waals surface area contributed by atoms with Crippen molar-refractivity contribution in [2.24, 2.45) is 11.3 Å². The van der Waals surface area contributed by atoms with E-state index in [9.17, 15) is 5.11 Å². The van der Waals surface area contributed by atoms with E-state index < -0.39 is 5.60 Å². The summed E-state index contributed by atoms with van der Waals surface area (Å²) in [6.07, 6.45) is 12.0. The molecule has 0 saturated carbocycles. The van der Waals surface area contributed by atoms with Crippen molar-refractivity contribution >= 4 is 31.9 Å². The fourth-order valence-corrected chi connectivity index (χ4v) is 5.93. The topological polar surface area (TPSA) is 20.2 Å². The number of aliphatic hydroxyl groups is 1. The molecule has 0 bridgehead atoms. The first-order valence-corrected chi connectivity index (χ1v) is 13.0. The van der Waals surface area contributed by atoms with Crippen LogP contribution in [0.1, 0.15) is 110 Å². The molecular formula is C25H42Br2O. The standard InChI is InChI=1S/C21H32Br2O.C4H10/c1-5-7-8-9-11-15(10-6-2)21(24)18-12-16(22)13-19(23)17(18)14-20(21,3)4;1-3-4-2/h12-13,15,24H,5-11,14H2,1-4H3;3-4H2,1-2H3. The highest BCUT2D eigenvalue weighted by Crippen LogP contribution is 2.57. The van der Waals surface area contributed by atoms with Gasteiger partial charge in [-0.25, -0.2) is 0 Å². The van der Waals surface area contributed by atoms with Gasteiger partial charge in [-0.3, -0.25) is 0 Å². The van der Waals surface area contributed by atoms with Crippen LogP contribution in [-0.4, -0.2) is 5.11 Å². The number of fused-ring (bicyclic) bond motifs is 1. The van der Waals surface area contributed by atoms with Crippen LogP contribution >= 0.6 is 31.9 Å². The summed E-state index contributed by atoms with van der Waals surface area (Å²) in [7, 11) is 0. The fraction of sp³-hybridized carbons (Fsp3) is 0.760. The third kappa shape index (κ3) is 6.08. The van der Waals surface area contributed by atoms with Gasteiger partial charge in [-0.2, -0.15) is 0 Å². The van der Waals surface area contributed by atoms with Gasteiger partial charge in [0.1, 0.15) is 0 Å². The maximum absolute atomic E-state index is 12.0. The Balaban J connectivity index is 0.000000892. The van der Waals surface area contributed by atoms with Crippen LogP contribution in [0, 0.1) is 11.3 Å². The van der Waals surface area contributed by atoms with Crippen LogP contribution in [0.2, 0.25) is 0 Å². The third-order valence-corrected chi connectivity index (χ3v) is 7.52. The Morgan fingerprint density at radius 2 is 1.54 bits per heavy atom. The molecule has 28 heavy (non-hydrogen) atoms. The molecule has 0 saturated heterocycles. The van der Waals surface area contributed by atoms with Crippen LogP contribution in [0.5, 0.6) is 0 Å². The Kier molecular flexibility index (Phi) is 11.3. The molecule has 0 amide bonds. The molecule has 2 unspecified atom stereocenters. The van der Waals surface area contributed by atoms with E-state index in [1.807, 2.05) is 0 Å². The molecule has 162 valence electrons. The van der Waals surface area contributed by atoms with Crippen LogP contribution in [0.25, 0.3) is 0 Å². The molecule has 1 N–H and O–H groups in total. The first-order valence-electron chi connectivity index (χ1n) is 11.4. The fourth-order valence-electron chi connectivity index (χ4n) is 4.57. The molecule has 1 aliphatic rings. The summed E-state index contributed by atoms with van der Waals surface area (Å²) in [5, 5.41) is 12.0. The molecule has 0 aliphatic heterocycles. The Morgan fingerprint density at radius 3 is 2.07 bits per heavy atom. The molecule has 1 aliphatic carbocycles. The molecule has 2 atom stereocenters. The predicted octanol–water partition coefficient (Wildman–Crippen LogP) is 9.17. The van der Waals surface area contributed by atoms with Gasteiger partial charge in [0.05, 0.1) is 5.60 Å². The van der Waals surface area contributed by atoms with Crippen molar-refractivity contribution < 1.29 is 5.11 Å². The zero-order valence-corrected chi connectivity index (χ0v) is 22.2. The van der Waals surface area contributed by atoms with Gasteiger partial charge in [0.2, 0.25) is 0 Å². The van der Waals surface area contributed by atoms with Gasteiger partial charge in [-0.15, -0.1) is 0 Å². The Bertz CT molecular complexity index is 594. The van der Waals surface area contributed by atoms with Crippen molar-refractivity contribution in [1.29, 1.82) is 0 Å². The van der Waals surface area contributed by atoms with Gasteiger partial charge in [0.15, 0.2) is 0 Å². The Hall–Kier alpha value is 0.140. The minimum atomic E-state index is -0.739. The molecule has 0 spiro atoms. The molecule has 3 heteroatoms. The second-order valence-electron chi connectivity index (χ2n) is 9.08. The second kappa shape index (κ2) is 12.1. The van der Waals surface area contributed by atoms with Crippen LogP contribution in [0.4, 0.5) is 0 Å². The lowest BCUT2D eigenvalue weighted by Gasteiger charge is -2.44. The van der Waals surface area contributed by atoms with Crippen LogP contribution in [0.15, 0.2) is 21.1 Å². The quantitative estimate of drug-likeness (QED) is 0.323. The number of hydrogen-bond donors (Lipinski definition) is 1. The average Bonchev–Trinajstić information content (AvgIpc) is 2.86. The maximum Gasteiger partial charge on any atom is 0.0981 e. The molecule has 1 nitrogen and oxygen atoms in total. The number of rotatable bonds is 9. The van der Waals surface area contributed by atoms with Crippen LogP contribution < -0.4 is 0 Å². The van der Waals surface area contributed by atoms with E-state index >= 15 is 0 Å². The Morgan fingerprint density at radius 1 is 0.893 bits per heavy atom. The van der Waals surface area contributed by atoms with E-state index in [1.165, 1.54) is 44.1 Å². The molecule has 1 aromatic rings. The molecule has 0 radical (unpaired) electrons. The molecule has 2 rings (SSSR count). The zero-order chi connectivity index (χ0) is 21.4. The molecule has 0 heterocycles. The van der Waals surface area contributed by atoms with Crippen molar-refractivity contribution in [3.63, 3.8) is 0 Å². The molecule has 0 fully saturated rings. The van der Waals surface area contributed by atoms with E-state index in [1.54, 1.807) is 0 Å². The van der Waals surface area contributed by atoms with E-state index in [4.69, 9.17) is 0 Å². The van der Waals surface area contributed by atoms with E-state index in [2.05, 4.69) is 85.5 Å². The largest absolute Gasteiger partial charge is 0.384 e. The van der Waals surface area contributed by atoms with Crippen molar-refractivity contribution in [1.82, 2.24) is 0 Å². The summed E-state index contributed by atoms with van der Waals surface area (Å²) in [5.74, 6) is 0.330. The summed E-state index contributed by atoms with van der Waals surface area (Å²) in [6.45, 7) is 13.3. The van der Waals surface area contributed by atoms with Crippen LogP contribution in [0.3, 0.4) is 0 Å². The smallest absolute Gasteiger partial charge is 0.0981 e. The van der Waals surface area contributed by atoms with Crippen molar-refractivity contribution in [3.8, 4) is 0 Å². The summed E-state index contributed by atoms with van der Waals surface area (Å²) in [6, 6.07) is 4.26. The van der Waals surface area contributed by atoms with Crippen molar-refractivity contribution in [2.75, 3.05) is 0 Å². The lowest BCUT2D eigenvalue weighted by atomic mass is 9.65. The number of halogens is 2. The SMILES string of the molecule is CCCC.CCCCCCC(CCC)C1(O)c2cc(Br)cc(Br)c2CC1(C)C. The molecular weight excluding hydrogens is 476 g/mol. The lowest BCUT2D eigenvalue weighted by Crippen LogP contribution is -2.45. The molecule has 1 aromatic carbocycles. The normalized spacial score (nSPS) is 21.0. The van der Waals surface area contributed by atoms with E-state index in [-0.39, 0.29) is 5.41 Å². The van der Waals surface area contributed by atoms with Gasteiger partial charge >= 0.3 is 0 Å². The minimum absolute atomic E-state index is 0.136. The maximum atomic E-state index is 12.0. The van der Waals surface area contributed by atoms with E-state index in [0.717, 1.165) is 40.2 Å². The third-order valence-electron chi connectivity index (χ3n) is 6.36. The first kappa shape index (κ1) is 26.2. The lowest BCUT2D eigenvalue weighted by molar-refractivity contribution is -0.113. The number of benzene rings is 1. The summed E-state index contributed by atoms with van der Waals surface area (Å²) >= 11 is 7.35. The molecule has 0 aromatic heterocycles. The predicted molar refractivity (Wildman–Crippen MR) is 131 cm³/mol. The van der Waals surface area contributed by atoms with Gasteiger partial charge < -0.3 is 5.11 Å². The number of unbranched alkanes of at least 4 members (excludes halogenated alkanes) is 4. The minimum Gasteiger partial charge on any atom is -0.384 e. The Labute approximate surface area is 191 Å². The van der Waals surface area contributed by atoms with Gasteiger partial charge in [0, 0.05) is 14.4 Å². The second-order valence-corrected chi connectivity index (χ2v) is 10.8. The number of hydrogen-bond acceptors (Lipinski definition) is 1. The van der Waals surface area contributed by atoms with Crippen LogP contribution in [-0.2, 0) is 12.0 Å². The average molecular weight is 518 g/mol. The first-order chi connectivity index (χ1) is 13.2. The summed E-state index contributed by atoms with van der Waals surface area (Å²) in [5.41, 5.74) is 1.56. The van der Waals surface area contributed by atoms with Gasteiger partial charge in [-0.1, -0.05) is 118 Å². The highest BCUT2D eigenvalue weighted by Gasteiger charge is 2.55. The summed E-state index contributed by atoms with van der Waals surface area (Å²) < 4.78 is 2.17. The van der Waals surface area contributed by atoms with Gasteiger partial charge in [0.25, 0.3) is 0 Å². The zero-order valence-electron chi connectivity index (χ0n) is 19.0. The highest BCUT2D eigenvalue weighted by molar-refractivity contribution is 9.11. The van der Waals surface area contributed by atoms with Crippen molar-refractivity contribution in [2.45, 2.75) is 111 Å². The monoisotopic (exact) mass is 516 g/mol. The van der Waals surface area contributed by atoms with E-state index in [0.29, 0.717) is 5.92 Å². The summed E-state index contributed by atoms with van der Waals surface area (Å²) in [4.78, 5) is 0. The highest BCUT2D eigenvalue weighted by atomic mass is 79.9. The van der Waals surface area contributed by atoms with Gasteiger partial charge in [-0.05, 0) is 48.4 Å².